The molecule has 5 aromatic rings. The van der Waals surface area contributed by atoms with Gasteiger partial charge in [0.15, 0.2) is 11.8 Å². The topological polar surface area (TPSA) is 154 Å². The lowest BCUT2D eigenvalue weighted by Gasteiger charge is -2.18. The highest BCUT2D eigenvalue weighted by atomic mass is 35.5. The van der Waals surface area contributed by atoms with Crippen molar-refractivity contribution in [1.29, 1.82) is 0 Å². The minimum Gasteiger partial charge on any atom is -0.456 e. The standard InChI is InChI=1S/C32H26Cl2N8O4/c1-20(43)46-18-31(45)36-25-11-7-22(8-12-25)26-17-28(38-39-32(26)34)27(15-21-5-3-2-4-6-21)37-30(44)14-9-23-16-24(33)10-13-29(23)42-19-35-40-41-42/h2-14,16-17,19,27H,15,18H2,1H3,(H,36,45)(H,37,44). The van der Waals surface area contributed by atoms with Crippen LogP contribution in [0.1, 0.15) is 29.8 Å². The third kappa shape index (κ3) is 8.58. The lowest BCUT2D eigenvalue weighted by molar-refractivity contribution is -0.144. The molecular weight excluding hydrogens is 631 g/mol. The average Bonchev–Trinajstić information content (AvgIpc) is 3.59. The number of aromatic nitrogens is 6. The molecule has 2 N–H and O–H groups in total. The van der Waals surface area contributed by atoms with Crippen molar-refractivity contribution < 1.29 is 19.1 Å². The third-order valence-electron chi connectivity index (χ3n) is 6.61. The highest BCUT2D eigenvalue weighted by Gasteiger charge is 2.19. The number of nitrogens with zero attached hydrogens (tertiary/aromatic N) is 6. The fraction of sp³-hybridized carbons (Fsp3) is 0.125. The van der Waals surface area contributed by atoms with E-state index < -0.39 is 17.9 Å². The van der Waals surface area contributed by atoms with Crippen LogP contribution in [-0.4, -0.2) is 54.8 Å². The maximum atomic E-state index is 13.3. The van der Waals surface area contributed by atoms with Gasteiger partial charge in [0.05, 0.1) is 17.4 Å². The number of rotatable bonds is 11. The van der Waals surface area contributed by atoms with Crippen LogP contribution < -0.4 is 10.6 Å². The Morgan fingerprint density at radius 3 is 2.48 bits per heavy atom. The fourth-order valence-corrected chi connectivity index (χ4v) is 4.85. The van der Waals surface area contributed by atoms with E-state index in [0.717, 1.165) is 5.56 Å². The molecular formula is C32H26Cl2N8O4. The average molecular weight is 658 g/mol. The number of tetrazole rings is 1. The summed E-state index contributed by atoms with van der Waals surface area (Å²) in [6, 6.07) is 22.9. The number of carbonyl (C=O) groups excluding carboxylic acids is 3. The molecule has 232 valence electrons. The number of nitrogens with one attached hydrogen (secondary N) is 2. The molecule has 0 aliphatic heterocycles. The lowest BCUT2D eigenvalue weighted by Crippen LogP contribution is -2.29. The summed E-state index contributed by atoms with van der Waals surface area (Å²) in [6.07, 6.45) is 4.90. The van der Waals surface area contributed by atoms with E-state index in [4.69, 9.17) is 27.9 Å². The highest BCUT2D eigenvalue weighted by molar-refractivity contribution is 6.32. The zero-order valence-electron chi connectivity index (χ0n) is 24.3. The first-order valence-electron chi connectivity index (χ1n) is 13.9. The van der Waals surface area contributed by atoms with E-state index in [-0.39, 0.29) is 17.7 Å². The van der Waals surface area contributed by atoms with E-state index in [1.54, 1.807) is 54.6 Å². The van der Waals surface area contributed by atoms with E-state index >= 15 is 0 Å². The maximum Gasteiger partial charge on any atom is 0.303 e. The minimum absolute atomic E-state index is 0.163. The van der Waals surface area contributed by atoms with Crippen molar-refractivity contribution >= 4 is 52.7 Å². The number of hydrogen-bond acceptors (Lipinski definition) is 9. The molecule has 14 heteroatoms. The first-order valence-corrected chi connectivity index (χ1v) is 14.6. The minimum atomic E-state index is -0.568. The molecule has 0 spiro atoms. The van der Waals surface area contributed by atoms with Crippen LogP contribution in [0.5, 0.6) is 0 Å². The molecule has 5 rings (SSSR count). The Bertz CT molecular complexity index is 1870. The molecule has 2 amide bonds. The maximum absolute atomic E-state index is 13.3. The first kappa shape index (κ1) is 31.9. The van der Waals surface area contributed by atoms with Crippen molar-refractivity contribution in [3.8, 4) is 16.8 Å². The van der Waals surface area contributed by atoms with Crippen molar-refractivity contribution in [2.75, 3.05) is 11.9 Å². The molecule has 0 radical (unpaired) electrons. The molecule has 0 aliphatic carbocycles. The van der Waals surface area contributed by atoms with E-state index in [1.165, 1.54) is 24.0 Å². The predicted molar refractivity (Wildman–Crippen MR) is 172 cm³/mol. The van der Waals surface area contributed by atoms with Gasteiger partial charge in [-0.15, -0.1) is 10.2 Å². The number of anilines is 1. The largest absolute Gasteiger partial charge is 0.456 e. The number of carbonyl (C=O) groups is 3. The first-order chi connectivity index (χ1) is 22.2. The summed E-state index contributed by atoms with van der Waals surface area (Å²) in [4.78, 5) is 36.3. The lowest BCUT2D eigenvalue weighted by atomic mass is 10.00. The second kappa shape index (κ2) is 15.0. The molecule has 0 saturated heterocycles. The Kier molecular flexibility index (Phi) is 10.4. The Hall–Kier alpha value is -5.46. The Morgan fingerprint density at radius 1 is 0.978 bits per heavy atom. The summed E-state index contributed by atoms with van der Waals surface area (Å²) in [5.74, 6) is -1.39. The number of esters is 1. The molecule has 2 aromatic heterocycles. The normalized spacial score (nSPS) is 11.6. The number of amides is 2. The van der Waals surface area contributed by atoms with Crippen LogP contribution in [0.25, 0.3) is 22.9 Å². The van der Waals surface area contributed by atoms with Crippen LogP contribution in [0, 0.1) is 0 Å². The van der Waals surface area contributed by atoms with Gasteiger partial charge in [-0.2, -0.15) is 9.78 Å². The fourth-order valence-electron chi connectivity index (χ4n) is 4.47. The Labute approximate surface area is 273 Å². The van der Waals surface area contributed by atoms with Gasteiger partial charge in [-0.05, 0) is 70.4 Å². The van der Waals surface area contributed by atoms with Gasteiger partial charge in [-0.3, -0.25) is 14.4 Å². The van der Waals surface area contributed by atoms with Crippen LogP contribution in [0.3, 0.4) is 0 Å². The van der Waals surface area contributed by atoms with Gasteiger partial charge < -0.3 is 15.4 Å². The van der Waals surface area contributed by atoms with Crippen molar-refractivity contribution in [3.05, 3.63) is 118 Å². The molecule has 2 heterocycles. The highest BCUT2D eigenvalue weighted by Crippen LogP contribution is 2.30. The quantitative estimate of drug-likeness (QED) is 0.147. The number of ether oxygens (including phenoxy) is 1. The summed E-state index contributed by atoms with van der Waals surface area (Å²) in [5.41, 5.74) is 4.53. The molecule has 3 aromatic carbocycles. The summed E-state index contributed by atoms with van der Waals surface area (Å²) >= 11 is 12.7. The van der Waals surface area contributed by atoms with Gasteiger partial charge >= 0.3 is 5.97 Å². The van der Waals surface area contributed by atoms with Crippen molar-refractivity contribution in [2.24, 2.45) is 0 Å². The number of hydrogen-bond donors (Lipinski definition) is 2. The SMILES string of the molecule is CC(=O)OCC(=O)Nc1ccc(-c2cc(C(Cc3ccccc3)NC(=O)C=Cc3cc(Cl)ccc3-n3cnnn3)nnc2Cl)cc1. The van der Waals surface area contributed by atoms with Crippen LogP contribution in [0.4, 0.5) is 5.69 Å². The molecule has 0 saturated carbocycles. The second-order valence-electron chi connectivity index (χ2n) is 9.92. The molecule has 46 heavy (non-hydrogen) atoms. The van der Waals surface area contributed by atoms with Crippen LogP contribution in [0.15, 0.2) is 91.3 Å². The van der Waals surface area contributed by atoms with Gasteiger partial charge in [-0.25, -0.2) is 0 Å². The molecule has 0 fully saturated rings. The smallest absolute Gasteiger partial charge is 0.303 e. The molecule has 1 atom stereocenters. The van der Waals surface area contributed by atoms with E-state index in [1.807, 2.05) is 30.3 Å². The zero-order valence-corrected chi connectivity index (χ0v) is 25.8. The molecule has 1 unspecified atom stereocenters. The van der Waals surface area contributed by atoms with Crippen LogP contribution >= 0.6 is 23.2 Å². The third-order valence-corrected chi connectivity index (χ3v) is 7.12. The Morgan fingerprint density at radius 2 is 1.76 bits per heavy atom. The number of halogens is 2. The summed E-state index contributed by atoms with van der Waals surface area (Å²) in [7, 11) is 0. The van der Waals surface area contributed by atoms with Gasteiger partial charge in [0.1, 0.15) is 6.33 Å². The van der Waals surface area contributed by atoms with Gasteiger partial charge in [0.2, 0.25) is 5.91 Å². The van der Waals surface area contributed by atoms with Gasteiger partial charge in [0.25, 0.3) is 5.91 Å². The van der Waals surface area contributed by atoms with E-state index in [2.05, 4.69) is 36.4 Å². The summed E-state index contributed by atoms with van der Waals surface area (Å²) in [5, 5.41) is 26.1. The van der Waals surface area contributed by atoms with Crippen molar-refractivity contribution in [3.63, 3.8) is 0 Å². The van der Waals surface area contributed by atoms with Crippen molar-refractivity contribution in [1.82, 2.24) is 35.7 Å². The number of benzene rings is 3. The van der Waals surface area contributed by atoms with Crippen molar-refractivity contribution in [2.45, 2.75) is 19.4 Å². The summed E-state index contributed by atoms with van der Waals surface area (Å²) in [6.45, 7) is 0.842. The van der Waals surface area contributed by atoms with Gasteiger partial charge in [-0.1, -0.05) is 65.7 Å². The van der Waals surface area contributed by atoms with Crippen LogP contribution in [0.2, 0.25) is 10.2 Å². The molecule has 0 bridgehead atoms. The Balaban J connectivity index is 1.38. The van der Waals surface area contributed by atoms with Crippen LogP contribution in [-0.2, 0) is 25.5 Å². The van der Waals surface area contributed by atoms with Gasteiger partial charge in [0, 0.05) is 34.8 Å². The monoisotopic (exact) mass is 656 g/mol. The molecule has 12 nitrogen and oxygen atoms in total. The zero-order chi connectivity index (χ0) is 32.5. The summed E-state index contributed by atoms with van der Waals surface area (Å²) < 4.78 is 6.19. The predicted octanol–water partition coefficient (Wildman–Crippen LogP) is 5.04. The van der Waals surface area contributed by atoms with E-state index in [9.17, 15) is 14.4 Å². The van der Waals surface area contributed by atoms with E-state index in [0.29, 0.717) is 45.2 Å². The second-order valence-corrected chi connectivity index (χ2v) is 10.7. The molecule has 0 aliphatic rings.